The fourth-order valence-electron chi connectivity index (χ4n) is 2.14. The molecule has 5 nitrogen and oxygen atoms in total. The maximum Gasteiger partial charge on any atom is 0.250 e. The second kappa shape index (κ2) is 5.99. The van der Waals surface area contributed by atoms with Gasteiger partial charge in [0.25, 0.3) is 0 Å². The summed E-state index contributed by atoms with van der Waals surface area (Å²) in [4.78, 5) is 11.1. The number of benzene rings is 1. The van der Waals surface area contributed by atoms with Gasteiger partial charge in [-0.25, -0.2) is 0 Å². The molecule has 20 heavy (non-hydrogen) atoms. The zero-order chi connectivity index (χ0) is 14.8. The number of halogens is 1. The van der Waals surface area contributed by atoms with Crippen LogP contribution in [0.5, 0.6) is 5.75 Å². The fourth-order valence-corrected chi connectivity index (χ4v) is 2.40. The molecule has 1 amide bonds. The van der Waals surface area contributed by atoms with Crippen molar-refractivity contribution in [2.45, 2.75) is 25.6 Å². The lowest BCUT2D eigenvalue weighted by molar-refractivity contribution is -0.107. The van der Waals surface area contributed by atoms with Crippen LogP contribution in [0.15, 0.2) is 18.2 Å². The predicted molar refractivity (Wildman–Crippen MR) is 77.3 cm³/mol. The summed E-state index contributed by atoms with van der Waals surface area (Å²) in [6, 6.07) is 4.82. The first-order valence-corrected chi connectivity index (χ1v) is 6.86. The van der Waals surface area contributed by atoms with Crippen LogP contribution in [0.4, 0.5) is 0 Å². The number of morpholine rings is 1. The summed E-state index contributed by atoms with van der Waals surface area (Å²) in [6.07, 6.45) is -0.0201. The van der Waals surface area contributed by atoms with E-state index in [0.29, 0.717) is 12.4 Å². The molecule has 0 aliphatic carbocycles. The van der Waals surface area contributed by atoms with Crippen LogP contribution < -0.4 is 15.8 Å². The van der Waals surface area contributed by atoms with Crippen LogP contribution in [0.3, 0.4) is 0 Å². The summed E-state index contributed by atoms with van der Waals surface area (Å²) in [5.74, 6) is 0.0371. The Balaban J connectivity index is 1.94. The maximum atomic E-state index is 11.1. The molecule has 0 spiro atoms. The number of primary amides is 1. The number of rotatable bonds is 4. The summed E-state index contributed by atoms with van der Waals surface area (Å²) in [5.41, 5.74) is 5.29. The van der Waals surface area contributed by atoms with E-state index in [0.717, 1.165) is 13.1 Å². The van der Waals surface area contributed by atoms with Gasteiger partial charge in [-0.15, -0.1) is 0 Å². The first-order chi connectivity index (χ1) is 9.37. The number of ether oxygens (including phenoxy) is 2. The van der Waals surface area contributed by atoms with Gasteiger partial charge in [0.15, 0.2) is 0 Å². The topological polar surface area (TPSA) is 73.6 Å². The molecule has 0 saturated carbocycles. The van der Waals surface area contributed by atoms with E-state index in [1.54, 1.807) is 18.2 Å². The first-order valence-electron chi connectivity index (χ1n) is 6.48. The monoisotopic (exact) mass is 298 g/mol. The van der Waals surface area contributed by atoms with Crippen LogP contribution in [-0.2, 0) is 4.74 Å². The second-order valence-corrected chi connectivity index (χ2v) is 5.85. The fraction of sp³-hybridized carbons (Fsp3) is 0.500. The maximum absolute atomic E-state index is 11.1. The third kappa shape index (κ3) is 3.85. The number of amides is 1. The minimum Gasteiger partial charge on any atom is -0.491 e. The van der Waals surface area contributed by atoms with Crippen molar-refractivity contribution in [2.24, 2.45) is 5.73 Å². The van der Waals surface area contributed by atoms with Gasteiger partial charge in [0.2, 0.25) is 5.91 Å². The van der Waals surface area contributed by atoms with E-state index < -0.39 is 5.91 Å². The predicted octanol–water partition coefficient (Wildman–Crippen LogP) is 1.58. The van der Waals surface area contributed by atoms with E-state index in [1.807, 2.05) is 13.8 Å². The normalized spacial score (nSPS) is 21.4. The molecule has 2 rings (SSSR count). The number of nitrogens with two attached hydrogens (primary N) is 1. The minimum absolute atomic E-state index is 0.0201. The molecule has 0 radical (unpaired) electrons. The third-order valence-electron chi connectivity index (χ3n) is 3.05. The highest BCUT2D eigenvalue weighted by Gasteiger charge is 2.28. The van der Waals surface area contributed by atoms with Gasteiger partial charge in [0.1, 0.15) is 18.5 Å². The highest BCUT2D eigenvalue weighted by molar-refractivity contribution is 6.33. The smallest absolute Gasteiger partial charge is 0.250 e. The molecule has 1 heterocycles. The molecular weight excluding hydrogens is 280 g/mol. The molecular formula is C14H19ClN2O3. The Hall–Kier alpha value is -1.30. The van der Waals surface area contributed by atoms with Crippen LogP contribution in [0.2, 0.25) is 5.02 Å². The van der Waals surface area contributed by atoms with Crippen molar-refractivity contribution in [2.75, 3.05) is 19.7 Å². The van der Waals surface area contributed by atoms with Crippen LogP contribution in [-0.4, -0.2) is 37.3 Å². The van der Waals surface area contributed by atoms with E-state index in [-0.39, 0.29) is 22.3 Å². The Kier molecular flexibility index (Phi) is 4.52. The van der Waals surface area contributed by atoms with Gasteiger partial charge in [-0.2, -0.15) is 0 Å². The zero-order valence-corrected chi connectivity index (χ0v) is 12.4. The second-order valence-electron chi connectivity index (χ2n) is 5.45. The Morgan fingerprint density at radius 2 is 2.35 bits per heavy atom. The largest absolute Gasteiger partial charge is 0.491 e. The number of nitrogens with one attached hydrogen (secondary N) is 1. The zero-order valence-electron chi connectivity index (χ0n) is 11.6. The molecule has 3 N–H and O–H groups in total. The number of hydrogen-bond acceptors (Lipinski definition) is 4. The lowest BCUT2D eigenvalue weighted by Crippen LogP contribution is -2.52. The molecule has 1 aliphatic rings. The van der Waals surface area contributed by atoms with Crippen LogP contribution in [0, 0.1) is 0 Å². The van der Waals surface area contributed by atoms with Gasteiger partial charge < -0.3 is 20.5 Å². The first kappa shape index (κ1) is 15.1. The van der Waals surface area contributed by atoms with Crippen molar-refractivity contribution in [3.8, 4) is 5.75 Å². The highest BCUT2D eigenvalue weighted by atomic mass is 35.5. The molecule has 1 unspecified atom stereocenters. The molecule has 1 fully saturated rings. The van der Waals surface area contributed by atoms with E-state index >= 15 is 0 Å². The lowest BCUT2D eigenvalue weighted by atomic mass is 10.1. The molecule has 1 aliphatic heterocycles. The average Bonchev–Trinajstić information content (AvgIpc) is 2.35. The standard InChI is InChI=1S/C14H19ClN2O3/c1-14(2)8-17-6-10(20-14)7-19-9-3-4-11(13(16)18)12(15)5-9/h3-5,10,17H,6-8H2,1-2H3,(H2,16,18). The lowest BCUT2D eigenvalue weighted by Gasteiger charge is -2.36. The number of hydrogen-bond donors (Lipinski definition) is 2. The average molecular weight is 299 g/mol. The Labute approximate surface area is 123 Å². The summed E-state index contributed by atoms with van der Waals surface area (Å²) < 4.78 is 11.5. The Morgan fingerprint density at radius 1 is 1.60 bits per heavy atom. The SMILES string of the molecule is CC1(C)CNCC(COc2ccc(C(N)=O)c(Cl)c2)O1. The van der Waals surface area contributed by atoms with Gasteiger partial charge in [0, 0.05) is 13.1 Å². The summed E-state index contributed by atoms with van der Waals surface area (Å²) in [7, 11) is 0. The van der Waals surface area contributed by atoms with Gasteiger partial charge in [0.05, 0.1) is 16.2 Å². The minimum atomic E-state index is -0.553. The highest BCUT2D eigenvalue weighted by Crippen LogP contribution is 2.23. The molecule has 0 aromatic heterocycles. The molecule has 1 saturated heterocycles. The van der Waals surface area contributed by atoms with E-state index in [4.69, 9.17) is 26.8 Å². The summed E-state index contributed by atoms with van der Waals surface area (Å²) in [6.45, 7) is 6.05. The Morgan fingerprint density at radius 3 is 2.95 bits per heavy atom. The van der Waals surface area contributed by atoms with Crippen molar-refractivity contribution in [3.05, 3.63) is 28.8 Å². The van der Waals surface area contributed by atoms with Crippen molar-refractivity contribution < 1.29 is 14.3 Å². The van der Waals surface area contributed by atoms with Crippen molar-refractivity contribution in [1.29, 1.82) is 0 Å². The Bertz CT molecular complexity index is 505. The molecule has 6 heteroatoms. The molecule has 1 aromatic rings. The quantitative estimate of drug-likeness (QED) is 0.885. The van der Waals surface area contributed by atoms with Gasteiger partial charge in [-0.1, -0.05) is 11.6 Å². The van der Waals surface area contributed by atoms with Gasteiger partial charge in [-0.05, 0) is 32.0 Å². The molecule has 1 atom stereocenters. The molecule has 0 bridgehead atoms. The van der Waals surface area contributed by atoms with Crippen molar-refractivity contribution in [3.63, 3.8) is 0 Å². The van der Waals surface area contributed by atoms with Crippen LogP contribution in [0.25, 0.3) is 0 Å². The van der Waals surface area contributed by atoms with Crippen molar-refractivity contribution in [1.82, 2.24) is 5.32 Å². The van der Waals surface area contributed by atoms with Crippen LogP contribution >= 0.6 is 11.6 Å². The van der Waals surface area contributed by atoms with E-state index in [9.17, 15) is 4.79 Å². The summed E-state index contributed by atoms with van der Waals surface area (Å²) >= 11 is 5.97. The number of carbonyl (C=O) groups is 1. The van der Waals surface area contributed by atoms with E-state index in [2.05, 4.69) is 5.32 Å². The van der Waals surface area contributed by atoms with Gasteiger partial charge in [-0.3, -0.25) is 4.79 Å². The molecule has 110 valence electrons. The molecule has 1 aromatic carbocycles. The third-order valence-corrected chi connectivity index (χ3v) is 3.36. The van der Waals surface area contributed by atoms with Gasteiger partial charge >= 0.3 is 0 Å². The van der Waals surface area contributed by atoms with E-state index in [1.165, 1.54) is 0 Å². The summed E-state index contributed by atoms with van der Waals surface area (Å²) in [5, 5.41) is 3.59. The van der Waals surface area contributed by atoms with Crippen LogP contribution in [0.1, 0.15) is 24.2 Å². The number of carbonyl (C=O) groups excluding carboxylic acids is 1. The van der Waals surface area contributed by atoms with Crippen molar-refractivity contribution >= 4 is 17.5 Å².